The van der Waals surface area contributed by atoms with Gasteiger partial charge in [-0.05, 0) is 112 Å². The molecule has 4 saturated carbocycles. The molecule has 0 spiro atoms. The minimum Gasteiger partial charge on any atom is -0.469 e. The number of ketones is 1. The zero-order chi connectivity index (χ0) is 22.4. The second kappa shape index (κ2) is 8.67. The molecule has 3 nitrogen and oxygen atoms in total. The highest BCUT2D eigenvalue weighted by Gasteiger charge is 2.61. The highest BCUT2D eigenvalue weighted by molar-refractivity contribution is 5.79. The zero-order valence-electron chi connectivity index (χ0n) is 20.5. The molecule has 0 aromatic rings. The quantitative estimate of drug-likeness (QED) is 0.359. The van der Waals surface area contributed by atoms with E-state index >= 15 is 0 Å². The summed E-state index contributed by atoms with van der Waals surface area (Å²) >= 11 is 0. The van der Waals surface area contributed by atoms with Gasteiger partial charge in [0.15, 0.2) is 0 Å². The predicted molar refractivity (Wildman–Crippen MR) is 124 cm³/mol. The van der Waals surface area contributed by atoms with Crippen LogP contribution >= 0.6 is 0 Å². The van der Waals surface area contributed by atoms with Crippen molar-refractivity contribution in [2.75, 3.05) is 7.11 Å². The number of rotatable bonds is 5. The highest BCUT2D eigenvalue weighted by atomic mass is 16.5. The molecule has 0 amide bonds. The first-order chi connectivity index (χ1) is 14.7. The minimum absolute atomic E-state index is 0.0117. The third-order valence-corrected chi connectivity index (χ3v) is 10.6. The lowest BCUT2D eigenvalue weighted by molar-refractivity contribution is -0.154. The summed E-state index contributed by atoms with van der Waals surface area (Å²) < 4.78 is 5.32. The van der Waals surface area contributed by atoms with Crippen LogP contribution in [0.5, 0.6) is 0 Å². The molecule has 0 aromatic heterocycles. The fourth-order valence-corrected chi connectivity index (χ4v) is 8.93. The molecule has 0 aliphatic heterocycles. The van der Waals surface area contributed by atoms with Crippen molar-refractivity contribution in [3.8, 4) is 0 Å². The van der Waals surface area contributed by atoms with Gasteiger partial charge in [-0.2, -0.15) is 0 Å². The number of carbonyl (C=O) groups excluding carboxylic acids is 2. The predicted octanol–water partition coefficient (Wildman–Crippen LogP) is 6.75. The van der Waals surface area contributed by atoms with Gasteiger partial charge in [-0.15, -0.1) is 0 Å². The normalized spacial score (nSPS) is 42.7. The molecule has 3 heteroatoms. The van der Waals surface area contributed by atoms with Gasteiger partial charge in [0, 0.05) is 12.8 Å². The van der Waals surface area contributed by atoms with E-state index in [1.54, 1.807) is 7.11 Å². The van der Waals surface area contributed by atoms with E-state index in [9.17, 15) is 9.59 Å². The van der Waals surface area contributed by atoms with Crippen LogP contribution in [0.4, 0.5) is 0 Å². The van der Waals surface area contributed by atoms with Gasteiger partial charge in [0.1, 0.15) is 5.78 Å². The molecular formula is C28H44O3. The molecule has 0 heterocycles. The van der Waals surface area contributed by atoms with Gasteiger partial charge in [-0.3, -0.25) is 9.59 Å². The van der Waals surface area contributed by atoms with E-state index in [1.807, 2.05) is 0 Å². The third kappa shape index (κ3) is 3.93. The second-order valence-corrected chi connectivity index (χ2v) is 12.1. The maximum Gasteiger partial charge on any atom is 0.308 e. The first-order valence-electron chi connectivity index (χ1n) is 12.9. The van der Waals surface area contributed by atoms with Crippen molar-refractivity contribution < 1.29 is 14.3 Å². The number of esters is 1. The fraction of sp³-hybridized carbons (Fsp3) is 0.857. The maximum absolute atomic E-state index is 12.9. The molecule has 4 aliphatic rings. The summed E-state index contributed by atoms with van der Waals surface area (Å²) in [5.74, 6) is 3.91. The number of methoxy groups -OCH3 is 1. The molecule has 174 valence electrons. The Hall–Kier alpha value is -1.12. The van der Waals surface area contributed by atoms with Crippen LogP contribution in [0.15, 0.2) is 11.6 Å². The van der Waals surface area contributed by atoms with E-state index in [0.717, 1.165) is 49.9 Å². The Balaban J connectivity index is 1.55. The van der Waals surface area contributed by atoms with Crippen molar-refractivity contribution in [2.45, 2.75) is 98.3 Å². The fourth-order valence-electron chi connectivity index (χ4n) is 8.93. The molecule has 0 N–H and O–H groups in total. The van der Waals surface area contributed by atoms with Crippen molar-refractivity contribution in [3.05, 3.63) is 11.6 Å². The van der Waals surface area contributed by atoms with E-state index < -0.39 is 0 Å². The summed E-state index contributed by atoms with van der Waals surface area (Å²) in [6.45, 7) is 9.31. The van der Waals surface area contributed by atoms with Gasteiger partial charge in [0.25, 0.3) is 0 Å². The topological polar surface area (TPSA) is 43.4 Å². The molecule has 0 saturated heterocycles. The van der Waals surface area contributed by atoms with E-state index in [0.29, 0.717) is 23.0 Å². The van der Waals surface area contributed by atoms with E-state index in [2.05, 4.69) is 33.8 Å². The summed E-state index contributed by atoms with van der Waals surface area (Å²) in [7, 11) is 1.56. The van der Waals surface area contributed by atoms with Crippen LogP contribution in [0.2, 0.25) is 0 Å². The first kappa shape index (κ1) is 23.1. The third-order valence-electron chi connectivity index (χ3n) is 10.6. The van der Waals surface area contributed by atoms with E-state index in [-0.39, 0.29) is 17.3 Å². The number of hydrogen-bond donors (Lipinski definition) is 0. The Labute approximate surface area is 189 Å². The molecule has 0 unspecified atom stereocenters. The molecule has 4 rings (SSSR count). The monoisotopic (exact) mass is 428 g/mol. The van der Waals surface area contributed by atoms with Gasteiger partial charge in [-0.1, -0.05) is 25.5 Å². The lowest BCUT2D eigenvalue weighted by Crippen LogP contribution is -2.54. The standard InChI is InChI=1S/C28H44O3/c1-18(2)7-6-8-22(26(30)31-5)24-12-11-23-21-10-9-19-17-20(29)13-15-27(19,3)25(21)14-16-28(23,24)4/h7,19,21-25H,6,8-17H2,1-5H3/t19-,21-,22+,23-,24+,25-,27-,28-/m0/s1. The van der Waals surface area contributed by atoms with Crippen LogP contribution in [0.25, 0.3) is 0 Å². The van der Waals surface area contributed by atoms with Crippen LogP contribution < -0.4 is 0 Å². The summed E-state index contributed by atoms with van der Waals surface area (Å²) in [5, 5.41) is 0. The van der Waals surface area contributed by atoms with Crippen LogP contribution in [-0.2, 0) is 14.3 Å². The van der Waals surface area contributed by atoms with Crippen LogP contribution in [0.3, 0.4) is 0 Å². The van der Waals surface area contributed by atoms with Gasteiger partial charge in [-0.25, -0.2) is 0 Å². The van der Waals surface area contributed by atoms with Crippen molar-refractivity contribution >= 4 is 11.8 Å². The highest BCUT2D eigenvalue weighted by Crippen LogP contribution is 2.68. The Morgan fingerprint density at radius 2 is 1.81 bits per heavy atom. The van der Waals surface area contributed by atoms with Crippen molar-refractivity contribution in [1.29, 1.82) is 0 Å². The van der Waals surface area contributed by atoms with Crippen LogP contribution in [0.1, 0.15) is 98.3 Å². The zero-order valence-corrected chi connectivity index (χ0v) is 20.5. The number of allylic oxidation sites excluding steroid dienone is 2. The number of carbonyl (C=O) groups is 2. The number of Topliss-reactive ketones (excluding diaryl/α,β-unsaturated/α-hetero) is 1. The first-order valence-corrected chi connectivity index (χ1v) is 12.9. The average molecular weight is 429 g/mol. The average Bonchev–Trinajstić information content (AvgIpc) is 3.08. The van der Waals surface area contributed by atoms with Crippen LogP contribution in [-0.4, -0.2) is 18.9 Å². The summed E-state index contributed by atoms with van der Waals surface area (Å²) in [6.07, 6.45) is 14.4. The summed E-state index contributed by atoms with van der Waals surface area (Å²) in [4.78, 5) is 25.0. The molecule has 31 heavy (non-hydrogen) atoms. The molecule has 0 radical (unpaired) electrons. The summed E-state index contributed by atoms with van der Waals surface area (Å²) in [6, 6.07) is 0. The Bertz CT molecular complexity index is 735. The molecule has 0 bridgehead atoms. The van der Waals surface area contributed by atoms with Crippen LogP contribution in [0, 0.1) is 46.3 Å². The largest absolute Gasteiger partial charge is 0.469 e. The van der Waals surface area contributed by atoms with Gasteiger partial charge in [0.05, 0.1) is 13.0 Å². The van der Waals surface area contributed by atoms with Gasteiger partial charge >= 0.3 is 5.97 Å². The Morgan fingerprint density at radius 3 is 2.52 bits per heavy atom. The SMILES string of the molecule is COC(=O)[C@H](CCC=C(C)C)[C@H]1CC[C@H]2[C@@H]3CC[C@H]4CC(=O)CC[C@]4(C)[C@H]3CC[C@]12C. The molecule has 4 aliphatic carbocycles. The number of fused-ring (bicyclic) bond motifs is 5. The second-order valence-electron chi connectivity index (χ2n) is 12.1. The van der Waals surface area contributed by atoms with Crippen molar-refractivity contribution in [3.63, 3.8) is 0 Å². The maximum atomic E-state index is 12.9. The number of hydrogen-bond acceptors (Lipinski definition) is 3. The lowest BCUT2D eigenvalue weighted by atomic mass is 9.44. The van der Waals surface area contributed by atoms with Gasteiger partial charge in [0.2, 0.25) is 0 Å². The molecule has 8 atom stereocenters. The summed E-state index contributed by atoms with van der Waals surface area (Å²) in [5.41, 5.74) is 1.95. The van der Waals surface area contributed by atoms with Gasteiger partial charge < -0.3 is 4.74 Å². The smallest absolute Gasteiger partial charge is 0.308 e. The van der Waals surface area contributed by atoms with Crippen molar-refractivity contribution in [2.24, 2.45) is 46.3 Å². The van der Waals surface area contributed by atoms with E-state index in [1.165, 1.54) is 44.1 Å². The molecule has 0 aromatic carbocycles. The molecular weight excluding hydrogens is 384 g/mol. The minimum atomic E-state index is 0.0117. The Morgan fingerprint density at radius 1 is 1.06 bits per heavy atom. The molecule has 4 fully saturated rings. The number of ether oxygens (including phenoxy) is 1. The van der Waals surface area contributed by atoms with Crippen molar-refractivity contribution in [1.82, 2.24) is 0 Å². The van der Waals surface area contributed by atoms with E-state index in [4.69, 9.17) is 4.74 Å². The Kier molecular flexibility index (Phi) is 6.45. The lowest BCUT2D eigenvalue weighted by Gasteiger charge is -2.60.